The molecule has 0 aromatic rings. The predicted molar refractivity (Wildman–Crippen MR) is 43.5 cm³/mol. The van der Waals surface area contributed by atoms with Gasteiger partial charge in [0.15, 0.2) is 0 Å². The minimum atomic E-state index is -0.334. The Balaban J connectivity index is 2.34. The van der Waals surface area contributed by atoms with Crippen molar-refractivity contribution in [3.63, 3.8) is 0 Å². The van der Waals surface area contributed by atoms with Crippen LogP contribution in [0.2, 0.25) is 0 Å². The summed E-state index contributed by atoms with van der Waals surface area (Å²) in [5.41, 5.74) is 0. The van der Waals surface area contributed by atoms with E-state index in [1.807, 2.05) is 0 Å². The van der Waals surface area contributed by atoms with E-state index in [-0.39, 0.29) is 6.10 Å². The number of hydrogen-bond donors (Lipinski definition) is 2. The molecule has 0 aromatic heterocycles. The van der Waals surface area contributed by atoms with Gasteiger partial charge in [-0.3, -0.25) is 0 Å². The summed E-state index contributed by atoms with van der Waals surface area (Å²) in [5, 5.41) is 12.5. The van der Waals surface area contributed by atoms with Gasteiger partial charge in [0.25, 0.3) is 0 Å². The number of hydrogen-bond acceptors (Lipinski definition) is 3. The minimum Gasteiger partial charge on any atom is -0.389 e. The van der Waals surface area contributed by atoms with Crippen LogP contribution < -0.4 is 5.32 Å². The number of aliphatic hydroxyl groups excluding tert-OH is 1. The third kappa shape index (κ3) is 2.77. The van der Waals surface area contributed by atoms with Gasteiger partial charge >= 0.3 is 0 Å². The fraction of sp³-hybridized carbons (Fsp3) is 1.00. The number of β-amino-alcohol motifs (C(OH)–C–C–N with tert-alkyl or cyclic N) is 1. The van der Waals surface area contributed by atoms with E-state index in [1.54, 1.807) is 0 Å². The fourth-order valence-electron chi connectivity index (χ4n) is 1.16. The monoisotopic (exact) mass is 159 g/mol. The van der Waals surface area contributed by atoms with Crippen LogP contribution in [0.25, 0.3) is 0 Å². The van der Waals surface area contributed by atoms with Gasteiger partial charge in [-0.15, -0.1) is 0 Å². The van der Waals surface area contributed by atoms with E-state index in [2.05, 4.69) is 19.2 Å². The van der Waals surface area contributed by atoms with Crippen LogP contribution in [-0.2, 0) is 4.74 Å². The molecule has 0 spiro atoms. The smallest absolute Gasteiger partial charge is 0.0897 e. The van der Waals surface area contributed by atoms with Crippen molar-refractivity contribution >= 4 is 0 Å². The van der Waals surface area contributed by atoms with Crippen LogP contribution in [0.4, 0.5) is 0 Å². The maximum atomic E-state index is 9.20. The van der Waals surface area contributed by atoms with Crippen molar-refractivity contribution in [2.45, 2.75) is 26.0 Å². The standard InChI is InChI=1S/C8H17NO2/c1-6(2)8-5-11-4-7(10)3-9-8/h6-10H,3-5H2,1-2H3. The molecule has 3 heteroatoms. The molecule has 0 aromatic carbocycles. The molecular weight excluding hydrogens is 142 g/mol. The lowest BCUT2D eigenvalue weighted by molar-refractivity contribution is 0.0515. The molecule has 2 unspecified atom stereocenters. The minimum absolute atomic E-state index is 0.334. The normalized spacial score (nSPS) is 33.8. The van der Waals surface area contributed by atoms with Gasteiger partial charge in [-0.2, -0.15) is 0 Å². The third-order valence-electron chi connectivity index (χ3n) is 2.03. The van der Waals surface area contributed by atoms with E-state index in [0.717, 1.165) is 0 Å². The number of nitrogens with one attached hydrogen (secondary N) is 1. The van der Waals surface area contributed by atoms with E-state index >= 15 is 0 Å². The first kappa shape index (κ1) is 8.97. The van der Waals surface area contributed by atoms with Crippen molar-refractivity contribution in [3.05, 3.63) is 0 Å². The molecule has 0 amide bonds. The highest BCUT2D eigenvalue weighted by Crippen LogP contribution is 2.05. The third-order valence-corrected chi connectivity index (χ3v) is 2.03. The summed E-state index contributed by atoms with van der Waals surface area (Å²) in [6.07, 6.45) is -0.334. The Labute approximate surface area is 67.7 Å². The molecule has 11 heavy (non-hydrogen) atoms. The molecule has 1 rings (SSSR count). The van der Waals surface area contributed by atoms with Gasteiger partial charge in [-0.25, -0.2) is 0 Å². The molecule has 1 saturated heterocycles. The number of aliphatic hydroxyl groups is 1. The van der Waals surface area contributed by atoms with E-state index in [4.69, 9.17) is 4.74 Å². The lowest BCUT2D eigenvalue weighted by Crippen LogP contribution is -2.38. The first-order valence-electron chi connectivity index (χ1n) is 4.19. The zero-order chi connectivity index (χ0) is 8.27. The molecule has 0 aliphatic carbocycles. The molecule has 1 aliphatic heterocycles. The second kappa shape index (κ2) is 4.04. The maximum absolute atomic E-state index is 9.20. The zero-order valence-corrected chi connectivity index (χ0v) is 7.21. The Hall–Kier alpha value is -0.120. The summed E-state index contributed by atoms with van der Waals surface area (Å²) in [7, 11) is 0. The number of rotatable bonds is 1. The fourth-order valence-corrected chi connectivity index (χ4v) is 1.16. The van der Waals surface area contributed by atoms with Crippen LogP contribution in [0.1, 0.15) is 13.8 Å². The largest absolute Gasteiger partial charge is 0.389 e. The van der Waals surface area contributed by atoms with Crippen LogP contribution in [0.15, 0.2) is 0 Å². The lowest BCUT2D eigenvalue weighted by Gasteiger charge is -2.18. The van der Waals surface area contributed by atoms with Gasteiger partial charge in [-0.1, -0.05) is 13.8 Å². The highest BCUT2D eigenvalue weighted by molar-refractivity contribution is 4.75. The van der Waals surface area contributed by atoms with Gasteiger partial charge in [0.1, 0.15) is 0 Å². The zero-order valence-electron chi connectivity index (χ0n) is 7.21. The first-order chi connectivity index (χ1) is 5.20. The molecule has 3 nitrogen and oxygen atoms in total. The summed E-state index contributed by atoms with van der Waals surface area (Å²) in [4.78, 5) is 0. The molecule has 1 fully saturated rings. The molecular formula is C8H17NO2. The average Bonchev–Trinajstić information content (AvgIpc) is 2.13. The van der Waals surface area contributed by atoms with E-state index < -0.39 is 0 Å². The Morgan fingerprint density at radius 3 is 2.82 bits per heavy atom. The average molecular weight is 159 g/mol. The van der Waals surface area contributed by atoms with Gasteiger partial charge < -0.3 is 15.2 Å². The highest BCUT2D eigenvalue weighted by atomic mass is 16.5. The summed E-state index contributed by atoms with van der Waals surface area (Å²) in [6.45, 7) is 6.14. The van der Waals surface area contributed by atoms with Gasteiger partial charge in [0.05, 0.1) is 19.3 Å². The van der Waals surface area contributed by atoms with E-state index in [0.29, 0.717) is 31.7 Å². The van der Waals surface area contributed by atoms with E-state index in [1.165, 1.54) is 0 Å². The second-order valence-electron chi connectivity index (χ2n) is 3.45. The predicted octanol–water partition coefficient (Wildman–Crippen LogP) is -0.00830. The van der Waals surface area contributed by atoms with Crippen molar-refractivity contribution in [3.8, 4) is 0 Å². The van der Waals surface area contributed by atoms with Crippen LogP contribution >= 0.6 is 0 Å². The van der Waals surface area contributed by atoms with Gasteiger partial charge in [-0.05, 0) is 5.92 Å². The summed E-state index contributed by atoms with van der Waals surface area (Å²) in [5.74, 6) is 0.570. The SMILES string of the molecule is CC(C)C1COCC(O)CN1. The van der Waals surface area contributed by atoms with Crippen molar-refractivity contribution in [1.29, 1.82) is 0 Å². The number of ether oxygens (including phenoxy) is 1. The summed E-state index contributed by atoms with van der Waals surface area (Å²) >= 11 is 0. The van der Waals surface area contributed by atoms with Crippen molar-refractivity contribution in [2.75, 3.05) is 19.8 Å². The van der Waals surface area contributed by atoms with Crippen molar-refractivity contribution in [2.24, 2.45) is 5.92 Å². The van der Waals surface area contributed by atoms with Crippen molar-refractivity contribution < 1.29 is 9.84 Å². The summed E-state index contributed by atoms with van der Waals surface area (Å²) in [6, 6.07) is 0.396. The van der Waals surface area contributed by atoms with Crippen LogP contribution in [-0.4, -0.2) is 37.0 Å². The second-order valence-corrected chi connectivity index (χ2v) is 3.45. The Bertz CT molecular complexity index is 117. The molecule has 1 heterocycles. The Kier molecular flexibility index (Phi) is 3.30. The Morgan fingerprint density at radius 1 is 1.45 bits per heavy atom. The molecule has 66 valence electrons. The molecule has 0 saturated carbocycles. The lowest BCUT2D eigenvalue weighted by atomic mass is 10.1. The molecule has 0 radical (unpaired) electrons. The van der Waals surface area contributed by atoms with Crippen LogP contribution in [0, 0.1) is 5.92 Å². The highest BCUT2D eigenvalue weighted by Gasteiger charge is 2.18. The molecule has 2 N–H and O–H groups in total. The summed E-state index contributed by atoms with van der Waals surface area (Å²) < 4.78 is 5.27. The van der Waals surface area contributed by atoms with Crippen LogP contribution in [0.3, 0.4) is 0 Å². The molecule has 0 bridgehead atoms. The molecule has 2 atom stereocenters. The topological polar surface area (TPSA) is 41.5 Å². The maximum Gasteiger partial charge on any atom is 0.0897 e. The van der Waals surface area contributed by atoms with Gasteiger partial charge in [0, 0.05) is 12.6 Å². The Morgan fingerprint density at radius 2 is 2.18 bits per heavy atom. The first-order valence-corrected chi connectivity index (χ1v) is 4.19. The van der Waals surface area contributed by atoms with Crippen molar-refractivity contribution in [1.82, 2.24) is 5.32 Å². The molecule has 1 aliphatic rings. The van der Waals surface area contributed by atoms with E-state index in [9.17, 15) is 5.11 Å². The van der Waals surface area contributed by atoms with Crippen LogP contribution in [0.5, 0.6) is 0 Å². The van der Waals surface area contributed by atoms with Gasteiger partial charge in [0.2, 0.25) is 0 Å². The quantitative estimate of drug-likeness (QED) is 0.565.